The third-order valence-electron chi connectivity index (χ3n) is 1.91. The number of carbonyl (C=O) groups is 4. The molecule has 0 saturated heterocycles. The number of carboxylic acids is 2. The van der Waals surface area contributed by atoms with Crippen molar-refractivity contribution in [2.45, 2.75) is 52.4 Å². The molecule has 0 unspecified atom stereocenters. The molecule has 0 aliphatic heterocycles. The molecule has 0 spiro atoms. The van der Waals surface area contributed by atoms with Crippen LogP contribution in [-0.2, 0) is 48.9 Å². The van der Waals surface area contributed by atoms with E-state index < -0.39 is 48.9 Å². The van der Waals surface area contributed by atoms with E-state index in [2.05, 4.69) is 5.63 Å². The van der Waals surface area contributed by atoms with Crippen LogP contribution in [0.25, 0.3) is 0 Å². The van der Waals surface area contributed by atoms with Crippen LogP contribution in [0.1, 0.15) is 52.4 Å². The molecule has 0 bridgehead atoms. The standard InChI is InChI=1S/2C6H10O3.2CH3O.Zr/c2*1-2-3-5(7)4-6(8)9;2*1-2;/h2*2-4H2,1H3,(H,8,9);2*1H3;/q;;2*-1;+4/p-2. The van der Waals surface area contributed by atoms with Crippen molar-refractivity contribution in [1.82, 2.24) is 0 Å². The van der Waals surface area contributed by atoms with Gasteiger partial charge in [-0.3, -0.25) is 9.59 Å². The SMILES string of the molecule is CCCC(=O)CC(=O)[O-].CCCC(=O)CC(=O)[O-].C[O][Zr+2][O]C. The van der Waals surface area contributed by atoms with Crippen LogP contribution >= 0.6 is 0 Å². The zero-order chi connectivity index (χ0) is 18.7. The van der Waals surface area contributed by atoms with Gasteiger partial charge in [0.05, 0.1) is 0 Å². The van der Waals surface area contributed by atoms with Gasteiger partial charge in [0.1, 0.15) is 11.6 Å². The number of rotatable bonds is 10. The van der Waals surface area contributed by atoms with Crippen LogP contribution in [0.2, 0.25) is 0 Å². The van der Waals surface area contributed by atoms with E-state index in [1.165, 1.54) is 0 Å². The predicted octanol–water partition coefficient (Wildman–Crippen LogP) is -0.817. The summed E-state index contributed by atoms with van der Waals surface area (Å²) in [6.45, 7) is 3.65. The van der Waals surface area contributed by atoms with Gasteiger partial charge in [0, 0.05) is 37.6 Å². The Kier molecular flexibility index (Phi) is 24.7. The van der Waals surface area contributed by atoms with Gasteiger partial charge in [-0.2, -0.15) is 0 Å². The summed E-state index contributed by atoms with van der Waals surface area (Å²) in [5.41, 5.74) is 0. The molecule has 0 fully saturated rings. The van der Waals surface area contributed by atoms with Gasteiger partial charge in [-0.15, -0.1) is 0 Å². The number of hydrogen-bond acceptors (Lipinski definition) is 8. The molecule has 8 nitrogen and oxygen atoms in total. The van der Waals surface area contributed by atoms with Crippen molar-refractivity contribution >= 4 is 23.5 Å². The van der Waals surface area contributed by atoms with E-state index in [0.717, 1.165) is 0 Å². The van der Waals surface area contributed by atoms with E-state index in [4.69, 9.17) is 0 Å². The monoisotopic (exact) mass is 410 g/mol. The Labute approximate surface area is 149 Å². The molecule has 0 aromatic carbocycles. The molecule has 0 N–H and O–H groups in total. The summed E-state index contributed by atoms with van der Waals surface area (Å²) in [4.78, 5) is 40.4. The van der Waals surface area contributed by atoms with Crippen LogP contribution in [0.4, 0.5) is 0 Å². The molecule has 132 valence electrons. The minimum absolute atomic E-state index is 0.252. The fourth-order valence-electron chi connectivity index (χ4n) is 1.14. The van der Waals surface area contributed by atoms with Gasteiger partial charge in [0.15, 0.2) is 0 Å². The van der Waals surface area contributed by atoms with Gasteiger partial charge in [0.2, 0.25) is 0 Å². The summed E-state index contributed by atoms with van der Waals surface area (Å²) in [5.74, 6) is -3.07. The molecule has 0 saturated carbocycles. The molecule has 0 heterocycles. The fraction of sp³-hybridized carbons (Fsp3) is 0.714. The molecule has 23 heavy (non-hydrogen) atoms. The van der Waals surface area contributed by atoms with Crippen molar-refractivity contribution in [2.24, 2.45) is 0 Å². The number of ketones is 2. The van der Waals surface area contributed by atoms with E-state index in [-0.39, 0.29) is 11.6 Å². The van der Waals surface area contributed by atoms with E-state index in [1.54, 1.807) is 14.2 Å². The second kappa shape index (κ2) is 21.1. The molecule has 0 aliphatic carbocycles. The van der Waals surface area contributed by atoms with E-state index >= 15 is 0 Å². The van der Waals surface area contributed by atoms with Gasteiger partial charge in [-0.1, -0.05) is 13.8 Å². The Morgan fingerprint density at radius 3 is 1.22 bits per heavy atom. The Morgan fingerprint density at radius 2 is 1.09 bits per heavy atom. The molecule has 9 heteroatoms. The van der Waals surface area contributed by atoms with Gasteiger partial charge < -0.3 is 19.8 Å². The molecule has 0 rings (SSSR count). The zero-order valence-corrected chi connectivity index (χ0v) is 16.5. The third-order valence-corrected chi connectivity index (χ3v) is 2.73. The topological polar surface area (TPSA) is 133 Å². The molecule has 0 aromatic heterocycles. The van der Waals surface area contributed by atoms with Crippen molar-refractivity contribution in [3.05, 3.63) is 0 Å². The van der Waals surface area contributed by atoms with Crippen molar-refractivity contribution in [3.8, 4) is 0 Å². The zero-order valence-electron chi connectivity index (χ0n) is 14.0. The average molecular weight is 412 g/mol. The first kappa shape index (κ1) is 27.0. The van der Waals surface area contributed by atoms with Crippen LogP contribution in [-0.4, -0.2) is 37.7 Å². The van der Waals surface area contributed by atoms with E-state index in [0.29, 0.717) is 25.7 Å². The van der Waals surface area contributed by atoms with Gasteiger partial charge in [-0.25, -0.2) is 0 Å². The maximum absolute atomic E-state index is 10.4. The van der Waals surface area contributed by atoms with Crippen LogP contribution in [0.3, 0.4) is 0 Å². The first-order valence-electron chi connectivity index (χ1n) is 6.99. The second-order valence-electron chi connectivity index (χ2n) is 4.17. The predicted molar refractivity (Wildman–Crippen MR) is 73.1 cm³/mol. The number of aliphatic carboxylic acids is 2. The molecular formula is C14H24O8Zr. The molecule has 0 atom stereocenters. The quantitative estimate of drug-likeness (QED) is 0.426. The molecule has 0 radical (unpaired) electrons. The summed E-state index contributed by atoms with van der Waals surface area (Å²) in [6.07, 6.45) is 1.21. The maximum atomic E-state index is 10.4. The van der Waals surface area contributed by atoms with Gasteiger partial charge >= 0.3 is 44.0 Å². The van der Waals surface area contributed by atoms with Crippen molar-refractivity contribution in [1.29, 1.82) is 0 Å². The third kappa shape index (κ3) is 33.7. The summed E-state index contributed by atoms with van der Waals surface area (Å²) >= 11 is -0.782. The van der Waals surface area contributed by atoms with Gasteiger partial charge in [-0.05, 0) is 12.8 Å². The molecule has 0 aliphatic rings. The molecular weight excluding hydrogens is 387 g/mol. The Balaban J connectivity index is -0.000000273. The number of carbonyl (C=O) groups excluding carboxylic acids is 4. The number of Topliss-reactive ketones (excluding diaryl/α,β-unsaturated/α-hetero) is 2. The van der Waals surface area contributed by atoms with E-state index in [9.17, 15) is 29.4 Å². The number of carboxylic acid groups (broad SMARTS) is 2. The van der Waals surface area contributed by atoms with E-state index in [1.807, 2.05) is 13.8 Å². The van der Waals surface area contributed by atoms with Crippen molar-refractivity contribution < 1.29 is 59.1 Å². The van der Waals surface area contributed by atoms with Crippen LogP contribution in [0.15, 0.2) is 0 Å². The summed E-state index contributed by atoms with van der Waals surface area (Å²) in [6, 6.07) is 0. The van der Waals surface area contributed by atoms with Crippen molar-refractivity contribution in [2.75, 3.05) is 14.2 Å². The Morgan fingerprint density at radius 1 is 0.783 bits per heavy atom. The minimum atomic E-state index is -1.28. The summed E-state index contributed by atoms with van der Waals surface area (Å²) in [7, 11) is 3.32. The Bertz CT molecular complexity index is 312. The fourth-order valence-corrected chi connectivity index (χ4v) is 1.55. The summed E-state index contributed by atoms with van der Waals surface area (Å²) in [5, 5.41) is 19.5. The average Bonchev–Trinajstić information content (AvgIpc) is 2.39. The molecule has 0 amide bonds. The van der Waals surface area contributed by atoms with Gasteiger partial charge in [0.25, 0.3) is 0 Å². The molecule has 0 aromatic rings. The normalized spacial score (nSPS) is 8.52. The first-order valence-corrected chi connectivity index (χ1v) is 8.99. The first-order chi connectivity index (χ1) is 10.7. The summed E-state index contributed by atoms with van der Waals surface area (Å²) < 4.78 is 9.28. The Hall–Kier alpha value is -0.917. The van der Waals surface area contributed by atoms with Crippen LogP contribution < -0.4 is 10.2 Å². The van der Waals surface area contributed by atoms with Crippen molar-refractivity contribution in [3.63, 3.8) is 0 Å². The van der Waals surface area contributed by atoms with Crippen LogP contribution in [0.5, 0.6) is 0 Å². The second-order valence-corrected chi connectivity index (χ2v) is 6.58. The van der Waals surface area contributed by atoms with Crippen LogP contribution in [0, 0.1) is 0 Å². The number of hydrogen-bond donors (Lipinski definition) is 0.